The highest BCUT2D eigenvalue weighted by Gasteiger charge is 2.46. The van der Waals surface area contributed by atoms with Gasteiger partial charge in [-0.05, 0) is 89.1 Å². The standard InChI is InChI=1S/C30H37N5O3S/c1-18-31-26(25-12-13-39-27(25)32-18)20-16-34(17-20)21-8-6-19(7-9-21)28(36)33(5)24-14-22-10-11-23(15-24)35(22)29(37)38-30(2,3)4/h6-9,12-13,20,22-24H,10-11,14-17H2,1-5H3. The lowest BCUT2D eigenvalue weighted by Crippen LogP contribution is -2.53. The molecule has 3 aliphatic rings. The van der Waals surface area contributed by atoms with Gasteiger partial charge in [-0.3, -0.25) is 4.79 Å². The number of hydrogen-bond donors (Lipinski definition) is 0. The SMILES string of the molecule is Cc1nc(C2CN(c3ccc(C(=O)N(C)C4CC5CCC(C4)N5C(=O)OC(C)(C)C)cc3)C2)c2ccsc2n1. The Morgan fingerprint density at radius 2 is 1.69 bits per heavy atom. The summed E-state index contributed by atoms with van der Waals surface area (Å²) in [5, 5.41) is 3.25. The number of aromatic nitrogens is 2. The van der Waals surface area contributed by atoms with E-state index >= 15 is 0 Å². The van der Waals surface area contributed by atoms with E-state index in [1.165, 1.54) is 5.39 Å². The fourth-order valence-corrected chi connectivity index (χ4v) is 7.24. The van der Waals surface area contributed by atoms with E-state index in [-0.39, 0.29) is 30.1 Å². The summed E-state index contributed by atoms with van der Waals surface area (Å²) in [5.41, 5.74) is 2.47. The average Bonchev–Trinajstić information content (AvgIpc) is 3.43. The molecule has 3 aromatic rings. The van der Waals surface area contributed by atoms with E-state index in [4.69, 9.17) is 9.72 Å². The summed E-state index contributed by atoms with van der Waals surface area (Å²) in [6.45, 7) is 9.48. The van der Waals surface area contributed by atoms with Gasteiger partial charge in [0.25, 0.3) is 5.91 Å². The number of piperidine rings is 1. The third kappa shape index (κ3) is 4.97. The van der Waals surface area contributed by atoms with Crippen molar-refractivity contribution in [1.82, 2.24) is 19.8 Å². The van der Waals surface area contributed by atoms with E-state index in [0.29, 0.717) is 11.5 Å². The van der Waals surface area contributed by atoms with E-state index < -0.39 is 5.60 Å². The van der Waals surface area contributed by atoms with Crippen LogP contribution in [-0.4, -0.2) is 75.6 Å². The van der Waals surface area contributed by atoms with Crippen LogP contribution >= 0.6 is 11.3 Å². The van der Waals surface area contributed by atoms with Crippen LogP contribution < -0.4 is 4.90 Å². The number of ether oxygens (including phenoxy) is 1. The first-order chi connectivity index (χ1) is 18.6. The second-order valence-electron chi connectivity index (χ2n) is 12.3. The van der Waals surface area contributed by atoms with Crippen molar-refractivity contribution in [3.05, 3.63) is 52.8 Å². The Morgan fingerprint density at radius 3 is 2.33 bits per heavy atom. The molecule has 2 unspecified atom stereocenters. The van der Waals surface area contributed by atoms with Gasteiger partial charge < -0.3 is 19.4 Å². The van der Waals surface area contributed by atoms with Gasteiger partial charge in [-0.15, -0.1) is 11.3 Å². The number of carbonyl (C=O) groups is 2. The van der Waals surface area contributed by atoms with Crippen LogP contribution in [0, 0.1) is 6.92 Å². The molecule has 5 heterocycles. The van der Waals surface area contributed by atoms with E-state index in [1.807, 2.05) is 56.7 Å². The number of nitrogens with zero attached hydrogens (tertiary/aromatic N) is 5. The molecule has 0 saturated carbocycles. The van der Waals surface area contributed by atoms with Crippen LogP contribution in [0.15, 0.2) is 35.7 Å². The van der Waals surface area contributed by atoms with Gasteiger partial charge in [-0.25, -0.2) is 14.8 Å². The minimum Gasteiger partial charge on any atom is -0.444 e. The molecule has 3 fully saturated rings. The predicted octanol–water partition coefficient (Wildman–Crippen LogP) is 5.61. The topological polar surface area (TPSA) is 78.9 Å². The lowest BCUT2D eigenvalue weighted by Gasteiger charge is -2.42. The number of aryl methyl sites for hydroxylation is 1. The Kier molecular flexibility index (Phi) is 6.52. The maximum atomic E-state index is 13.4. The zero-order valence-corrected chi connectivity index (χ0v) is 24.2. The van der Waals surface area contributed by atoms with Crippen LogP contribution in [0.3, 0.4) is 0 Å². The van der Waals surface area contributed by atoms with Crippen LogP contribution in [-0.2, 0) is 4.74 Å². The molecular formula is C30H37N5O3S. The molecule has 0 N–H and O–H groups in total. The van der Waals surface area contributed by atoms with Crippen LogP contribution in [0.5, 0.6) is 0 Å². The van der Waals surface area contributed by atoms with Gasteiger partial charge in [-0.1, -0.05) is 0 Å². The van der Waals surface area contributed by atoms with Gasteiger partial charge in [0.1, 0.15) is 16.3 Å². The number of rotatable bonds is 4. The molecule has 8 nitrogen and oxygen atoms in total. The lowest BCUT2D eigenvalue weighted by molar-refractivity contribution is -0.00111. The summed E-state index contributed by atoms with van der Waals surface area (Å²) in [4.78, 5) is 42.7. The summed E-state index contributed by atoms with van der Waals surface area (Å²) >= 11 is 1.66. The molecule has 0 spiro atoms. The zero-order valence-electron chi connectivity index (χ0n) is 23.4. The van der Waals surface area contributed by atoms with Crippen molar-refractivity contribution in [2.45, 2.75) is 83.0 Å². The maximum Gasteiger partial charge on any atom is 0.410 e. The smallest absolute Gasteiger partial charge is 0.410 e. The first-order valence-corrected chi connectivity index (χ1v) is 14.8. The molecule has 2 bridgehead atoms. The molecule has 9 heteroatoms. The lowest BCUT2D eigenvalue weighted by atomic mass is 9.93. The van der Waals surface area contributed by atoms with Crippen LogP contribution in [0.4, 0.5) is 10.5 Å². The van der Waals surface area contributed by atoms with E-state index in [0.717, 1.165) is 60.8 Å². The zero-order chi connectivity index (χ0) is 27.5. The maximum absolute atomic E-state index is 13.4. The summed E-state index contributed by atoms with van der Waals surface area (Å²) in [5.74, 6) is 1.25. The molecule has 1 aromatic carbocycles. The molecule has 39 heavy (non-hydrogen) atoms. The number of benzene rings is 1. The second kappa shape index (κ2) is 9.77. The minimum absolute atomic E-state index is 0.0365. The van der Waals surface area contributed by atoms with Crippen molar-refractivity contribution in [2.24, 2.45) is 0 Å². The van der Waals surface area contributed by atoms with Crippen molar-refractivity contribution in [1.29, 1.82) is 0 Å². The third-order valence-electron chi connectivity index (χ3n) is 8.39. The average molecular weight is 548 g/mol. The minimum atomic E-state index is -0.505. The fourth-order valence-electron chi connectivity index (χ4n) is 6.42. The Morgan fingerprint density at radius 1 is 1.03 bits per heavy atom. The van der Waals surface area contributed by atoms with Gasteiger partial charge in [0.05, 0.1) is 5.69 Å². The van der Waals surface area contributed by atoms with Crippen LogP contribution in [0.2, 0.25) is 0 Å². The summed E-state index contributed by atoms with van der Waals surface area (Å²) < 4.78 is 5.66. The van der Waals surface area contributed by atoms with E-state index in [2.05, 4.69) is 33.5 Å². The third-order valence-corrected chi connectivity index (χ3v) is 9.20. The van der Waals surface area contributed by atoms with Crippen molar-refractivity contribution < 1.29 is 14.3 Å². The molecule has 6 rings (SSSR count). The summed E-state index contributed by atoms with van der Waals surface area (Å²) in [6, 6.07) is 10.5. The number of fused-ring (bicyclic) bond motifs is 3. The fraction of sp³-hybridized carbons (Fsp3) is 0.533. The van der Waals surface area contributed by atoms with Crippen molar-refractivity contribution in [3.8, 4) is 0 Å². The number of anilines is 1. The first kappa shape index (κ1) is 26.0. The normalized spacial score (nSPS) is 23.2. The second-order valence-corrected chi connectivity index (χ2v) is 13.2. The predicted molar refractivity (Wildman–Crippen MR) is 154 cm³/mol. The molecule has 0 radical (unpaired) electrons. The number of carbonyl (C=O) groups excluding carboxylic acids is 2. The number of amides is 2. The van der Waals surface area contributed by atoms with E-state index in [1.54, 1.807) is 11.3 Å². The molecule has 3 saturated heterocycles. The largest absolute Gasteiger partial charge is 0.444 e. The first-order valence-electron chi connectivity index (χ1n) is 13.9. The van der Waals surface area contributed by atoms with E-state index in [9.17, 15) is 9.59 Å². The van der Waals surface area contributed by atoms with Crippen molar-refractivity contribution >= 4 is 39.2 Å². The Balaban J connectivity index is 1.07. The number of thiophene rings is 1. The quantitative estimate of drug-likeness (QED) is 0.423. The van der Waals surface area contributed by atoms with Gasteiger partial charge >= 0.3 is 6.09 Å². The molecular weight excluding hydrogens is 510 g/mol. The Bertz CT molecular complexity index is 1380. The van der Waals surface area contributed by atoms with Gasteiger partial charge in [0.15, 0.2) is 0 Å². The molecule has 0 aliphatic carbocycles. The van der Waals surface area contributed by atoms with Crippen molar-refractivity contribution in [2.75, 3.05) is 25.0 Å². The summed E-state index contributed by atoms with van der Waals surface area (Å²) in [6.07, 6.45) is 3.32. The molecule has 3 aliphatic heterocycles. The highest BCUT2D eigenvalue weighted by molar-refractivity contribution is 7.16. The number of hydrogen-bond acceptors (Lipinski definition) is 7. The molecule has 206 valence electrons. The van der Waals surface area contributed by atoms with Crippen molar-refractivity contribution in [3.63, 3.8) is 0 Å². The molecule has 2 atom stereocenters. The van der Waals surface area contributed by atoms with Gasteiger partial charge in [0, 0.05) is 60.8 Å². The Labute approximate surface area is 234 Å². The van der Waals surface area contributed by atoms with Crippen LogP contribution in [0.25, 0.3) is 10.2 Å². The molecule has 2 amide bonds. The highest BCUT2D eigenvalue weighted by atomic mass is 32.1. The van der Waals surface area contributed by atoms with Crippen LogP contribution in [0.1, 0.15) is 74.2 Å². The monoisotopic (exact) mass is 547 g/mol. The molecule has 2 aromatic heterocycles. The summed E-state index contributed by atoms with van der Waals surface area (Å²) in [7, 11) is 1.90. The Hall–Kier alpha value is -3.20. The highest BCUT2D eigenvalue weighted by Crippen LogP contribution is 2.39. The van der Waals surface area contributed by atoms with Gasteiger partial charge in [-0.2, -0.15) is 0 Å². The van der Waals surface area contributed by atoms with Gasteiger partial charge in [0.2, 0.25) is 0 Å².